The monoisotopic (exact) mass is 276 g/mol. The predicted octanol–water partition coefficient (Wildman–Crippen LogP) is -3.46. The molecule has 0 aliphatic carbocycles. The van der Waals surface area contributed by atoms with Gasteiger partial charge in [0.15, 0.2) is 0 Å². The lowest BCUT2D eigenvalue weighted by molar-refractivity contribution is -0.795. The quantitative estimate of drug-likeness (QED) is 0.557. The van der Waals surface area contributed by atoms with Crippen LogP contribution in [0.5, 0.6) is 0 Å². The minimum absolute atomic E-state index is 0.211. The van der Waals surface area contributed by atoms with Gasteiger partial charge in [-0.2, -0.15) is 16.8 Å². The molecule has 0 rings (SSSR count). The smallest absolute Gasteiger partial charge is 0.275 e. The predicted molar refractivity (Wildman–Crippen MR) is 59.7 cm³/mol. The van der Waals surface area contributed by atoms with Gasteiger partial charge in [-0.1, -0.05) is 0 Å². The van der Waals surface area contributed by atoms with E-state index in [9.17, 15) is 21.6 Å². The summed E-state index contributed by atoms with van der Waals surface area (Å²) < 4.78 is 41.2. The highest BCUT2D eigenvalue weighted by atomic mass is 32.3. The molecular formula is C7H20N2O5S2+2. The van der Waals surface area contributed by atoms with Crippen molar-refractivity contribution in [1.82, 2.24) is 0 Å². The number of primary sulfonamides is 2. The van der Waals surface area contributed by atoms with Gasteiger partial charge in [0.25, 0.3) is 0 Å². The van der Waals surface area contributed by atoms with E-state index in [0.717, 1.165) is 24.0 Å². The molecule has 0 aromatic carbocycles. The van der Waals surface area contributed by atoms with E-state index in [0.29, 0.717) is 4.13 Å². The maximum Gasteiger partial charge on any atom is 0.308 e. The Morgan fingerprint density at radius 2 is 1.44 bits per heavy atom. The van der Waals surface area contributed by atoms with Crippen molar-refractivity contribution >= 4 is 26.0 Å². The van der Waals surface area contributed by atoms with Gasteiger partial charge in [0.1, 0.15) is 0 Å². The number of nitrogens with two attached hydrogens (primary N) is 1. The largest absolute Gasteiger partial charge is 0.308 e. The van der Waals surface area contributed by atoms with Gasteiger partial charge in [-0.25, -0.2) is 4.79 Å². The molecular weight excluding hydrogens is 256 g/mol. The van der Waals surface area contributed by atoms with Gasteiger partial charge in [-0.3, -0.25) is 4.90 Å². The average molecular weight is 276 g/mol. The molecule has 0 radical (unpaired) electrons. The molecule has 0 spiro atoms. The molecule has 7 nitrogen and oxygen atoms in total. The summed E-state index contributed by atoms with van der Waals surface area (Å²) in [5.74, 6) is 0.211. The number of amides is 1. The van der Waals surface area contributed by atoms with Crippen molar-refractivity contribution < 1.29 is 30.7 Å². The summed E-state index contributed by atoms with van der Waals surface area (Å²) in [6.45, 7) is 4.46. The molecule has 0 heterocycles. The molecule has 0 bridgehead atoms. The zero-order valence-corrected chi connectivity index (χ0v) is 11.8. The van der Waals surface area contributed by atoms with Crippen molar-refractivity contribution in [3.8, 4) is 0 Å². The van der Waals surface area contributed by atoms with Crippen molar-refractivity contribution in [2.75, 3.05) is 26.1 Å². The molecule has 3 N–H and O–H groups in total. The van der Waals surface area contributed by atoms with Gasteiger partial charge in [0.05, 0.1) is 33.0 Å². The first-order valence-corrected chi connectivity index (χ1v) is 8.38. The van der Waals surface area contributed by atoms with E-state index in [4.69, 9.17) is 0 Å². The highest BCUT2D eigenvalue weighted by Crippen LogP contribution is 1.62. The highest BCUT2D eigenvalue weighted by Gasteiger charge is 2.12. The zero-order valence-electron chi connectivity index (χ0n) is 10.1. The number of carbonyl (C=O) groups is 1. The fourth-order valence-electron chi connectivity index (χ4n) is 0.566. The molecule has 1 amide bonds. The summed E-state index contributed by atoms with van der Waals surface area (Å²) in [5, 5.41) is 0. The highest BCUT2D eigenvalue weighted by molar-refractivity contribution is 7.95. The molecule has 98 valence electrons. The molecule has 1 unspecified atom stereocenters. The number of hydrogen-bond acceptors (Lipinski definition) is 5. The summed E-state index contributed by atoms with van der Waals surface area (Å²) >= 11 is 0. The molecule has 1 atom stereocenters. The Balaban J connectivity index is 0. The summed E-state index contributed by atoms with van der Waals surface area (Å²) in [4.78, 5) is 11.3. The number of rotatable bonds is 3. The molecule has 0 aliphatic rings. The van der Waals surface area contributed by atoms with Crippen LogP contribution >= 0.6 is 0 Å². The van der Waals surface area contributed by atoms with Crippen LogP contribution in [-0.4, -0.2) is 48.8 Å². The fraction of sp³-hybridized carbons (Fsp3) is 0.857. The van der Waals surface area contributed by atoms with Gasteiger partial charge in [-0.15, -0.1) is 4.13 Å². The normalized spacial score (nSPS) is 13.6. The maximum absolute atomic E-state index is 10.3. The molecule has 0 aromatic rings. The van der Waals surface area contributed by atoms with Gasteiger partial charge in [0.2, 0.25) is 0 Å². The van der Waals surface area contributed by atoms with Crippen LogP contribution < -0.4 is 9.03 Å². The lowest BCUT2D eigenvalue weighted by Crippen LogP contribution is -3.10. The van der Waals surface area contributed by atoms with E-state index in [-0.39, 0.29) is 5.91 Å². The van der Waals surface area contributed by atoms with Crippen LogP contribution in [0, 0.1) is 0 Å². The van der Waals surface area contributed by atoms with E-state index in [1.165, 1.54) is 0 Å². The molecule has 0 saturated heterocycles. The fourth-order valence-corrected chi connectivity index (χ4v) is 3.11. The molecule has 0 fully saturated rings. The van der Waals surface area contributed by atoms with Crippen LogP contribution in [0.4, 0.5) is 0 Å². The summed E-state index contributed by atoms with van der Waals surface area (Å²) in [6, 6.07) is 0. The second-order valence-electron chi connectivity index (χ2n) is 3.45. The molecule has 9 heteroatoms. The number of hydrogen-bond donors (Lipinski definition) is 2. The second kappa shape index (κ2) is 6.94. The zero-order chi connectivity index (χ0) is 13.6. The van der Waals surface area contributed by atoms with Gasteiger partial charge in [-0.05, 0) is 6.92 Å². The molecule has 0 aromatic heterocycles. The SMILES string of the molecule is CC[NH+](C)C(C)=O.CS(=O)(=O)[NH2+]S(C)(=O)=O. The number of nitrogens with one attached hydrogen (secondary N) is 1. The van der Waals surface area contributed by atoms with Crippen molar-refractivity contribution in [3.05, 3.63) is 0 Å². The molecule has 0 saturated carbocycles. The first-order chi connectivity index (χ1) is 6.89. The van der Waals surface area contributed by atoms with Crippen LogP contribution in [0.3, 0.4) is 0 Å². The second-order valence-corrected chi connectivity index (χ2v) is 7.53. The van der Waals surface area contributed by atoms with Crippen molar-refractivity contribution in [2.24, 2.45) is 0 Å². The number of quaternary nitrogens is 2. The summed E-state index contributed by atoms with van der Waals surface area (Å²) in [7, 11) is -5.13. The van der Waals surface area contributed by atoms with E-state index in [1.54, 1.807) is 6.92 Å². The Labute approximate surface area is 96.9 Å². The van der Waals surface area contributed by atoms with Crippen LogP contribution in [-0.2, 0) is 24.8 Å². The lowest BCUT2D eigenvalue weighted by Gasteiger charge is -2.02. The van der Waals surface area contributed by atoms with Gasteiger partial charge in [0, 0.05) is 0 Å². The minimum Gasteiger partial charge on any atom is -0.275 e. The Morgan fingerprint density at radius 1 is 1.12 bits per heavy atom. The third kappa shape index (κ3) is 15.9. The third-order valence-electron chi connectivity index (χ3n) is 1.48. The van der Waals surface area contributed by atoms with Crippen molar-refractivity contribution in [2.45, 2.75) is 13.8 Å². The summed E-state index contributed by atoms with van der Waals surface area (Å²) in [6.07, 6.45) is 1.65. The number of sulfonamides is 2. The van der Waals surface area contributed by atoms with E-state index in [2.05, 4.69) is 0 Å². The third-order valence-corrected chi connectivity index (χ3v) is 4.28. The van der Waals surface area contributed by atoms with E-state index >= 15 is 0 Å². The Morgan fingerprint density at radius 3 is 1.44 bits per heavy atom. The van der Waals surface area contributed by atoms with Crippen LogP contribution in [0.25, 0.3) is 0 Å². The van der Waals surface area contributed by atoms with E-state index in [1.807, 2.05) is 14.0 Å². The van der Waals surface area contributed by atoms with Crippen molar-refractivity contribution in [3.63, 3.8) is 0 Å². The maximum atomic E-state index is 10.3. The van der Waals surface area contributed by atoms with Crippen LogP contribution in [0.1, 0.15) is 13.8 Å². The average Bonchev–Trinajstić information content (AvgIpc) is 1.96. The standard InChI is InChI=1S/C5H11NO.C2H7NO4S2/c1-4-6(3)5(2)7;1-8(4,5)3-9(2,6)7/h4H2,1-3H3;3H,1-2H3/p+2. The number of carbonyl (C=O) groups excluding carboxylic acids is 1. The van der Waals surface area contributed by atoms with Gasteiger partial charge >= 0.3 is 26.0 Å². The van der Waals surface area contributed by atoms with Gasteiger partial charge < -0.3 is 0 Å². The first kappa shape index (κ1) is 17.9. The minimum atomic E-state index is -3.49. The lowest BCUT2D eigenvalue weighted by atomic mass is 10.6. The Bertz CT molecular complexity index is 382. The Kier molecular flexibility index (Phi) is 7.75. The van der Waals surface area contributed by atoms with Crippen molar-refractivity contribution in [1.29, 1.82) is 0 Å². The topological polar surface area (TPSA) is 106 Å². The van der Waals surface area contributed by atoms with Crippen LogP contribution in [0.15, 0.2) is 0 Å². The Hall–Kier alpha value is -0.510. The summed E-state index contributed by atoms with van der Waals surface area (Å²) in [5.41, 5.74) is 0. The van der Waals surface area contributed by atoms with E-state index < -0.39 is 20.0 Å². The first-order valence-electron chi connectivity index (χ1n) is 4.47. The molecule has 16 heavy (non-hydrogen) atoms. The van der Waals surface area contributed by atoms with Crippen LogP contribution in [0.2, 0.25) is 0 Å². The molecule has 0 aliphatic heterocycles.